The molecule has 6 nitrogen and oxygen atoms in total. The second kappa shape index (κ2) is 10.9. The maximum absolute atomic E-state index is 6.96. The van der Waals surface area contributed by atoms with Crippen LogP contribution in [-0.2, 0) is 0 Å². The predicted octanol–water partition coefficient (Wildman–Crippen LogP) is 1.29. The van der Waals surface area contributed by atoms with Crippen LogP contribution in [-0.4, -0.2) is 24.8 Å². The number of nitrogens with two attached hydrogens (primary N) is 2. The van der Waals surface area contributed by atoms with Gasteiger partial charge in [-0.05, 0) is 12.8 Å². The molecule has 7 heteroatoms. The molecule has 88 valence electrons. The third kappa shape index (κ3) is 15.6. The van der Waals surface area contributed by atoms with Crippen LogP contribution in [0.5, 0.6) is 0 Å². The van der Waals surface area contributed by atoms with Gasteiger partial charge in [-0.15, -0.1) is 12.4 Å². The monoisotopic (exact) mass is 234 g/mol. The van der Waals surface area contributed by atoms with Crippen LogP contribution in [0.25, 0.3) is 0 Å². The summed E-state index contributed by atoms with van der Waals surface area (Å²) in [6.07, 6.45) is 2.69. The number of amidine groups is 2. The SMILES string of the molecule is Cl.N=C(N)CCCN=NCCCC(=N)N. The Balaban J connectivity index is 0. The third-order valence-electron chi connectivity index (χ3n) is 1.51. The Morgan fingerprint density at radius 1 is 0.867 bits per heavy atom. The highest BCUT2D eigenvalue weighted by atomic mass is 35.5. The average molecular weight is 235 g/mol. The van der Waals surface area contributed by atoms with Gasteiger partial charge in [-0.3, -0.25) is 10.8 Å². The quantitative estimate of drug-likeness (QED) is 0.219. The van der Waals surface area contributed by atoms with E-state index in [1.54, 1.807) is 0 Å². The zero-order valence-electron chi connectivity index (χ0n) is 8.70. The van der Waals surface area contributed by atoms with Crippen molar-refractivity contribution in [2.45, 2.75) is 25.7 Å². The van der Waals surface area contributed by atoms with Crippen molar-refractivity contribution in [2.75, 3.05) is 13.1 Å². The van der Waals surface area contributed by atoms with Gasteiger partial charge in [0.1, 0.15) is 0 Å². The number of nitrogens with one attached hydrogen (secondary N) is 2. The molecule has 0 saturated carbocycles. The Morgan fingerprint density at radius 2 is 1.20 bits per heavy atom. The van der Waals surface area contributed by atoms with E-state index in [1.807, 2.05) is 0 Å². The molecule has 0 aliphatic carbocycles. The minimum absolute atomic E-state index is 0. The molecule has 0 amide bonds. The first kappa shape index (κ1) is 16.3. The number of hydrogen-bond donors (Lipinski definition) is 4. The van der Waals surface area contributed by atoms with Gasteiger partial charge in [0.25, 0.3) is 0 Å². The number of halogens is 1. The summed E-state index contributed by atoms with van der Waals surface area (Å²) < 4.78 is 0. The molecule has 0 saturated heterocycles. The van der Waals surface area contributed by atoms with Crippen LogP contribution in [0.4, 0.5) is 0 Å². The minimum atomic E-state index is 0. The van der Waals surface area contributed by atoms with Gasteiger partial charge in [0.05, 0.1) is 24.8 Å². The molecule has 0 radical (unpaired) electrons. The maximum Gasteiger partial charge on any atom is 0.0906 e. The summed E-state index contributed by atoms with van der Waals surface area (Å²) in [5, 5.41) is 21.7. The molecule has 0 atom stereocenters. The fourth-order valence-electron chi connectivity index (χ4n) is 0.822. The smallest absolute Gasteiger partial charge is 0.0906 e. The minimum Gasteiger partial charge on any atom is -0.388 e. The van der Waals surface area contributed by atoms with Crippen molar-refractivity contribution in [2.24, 2.45) is 21.7 Å². The van der Waals surface area contributed by atoms with Gasteiger partial charge in [-0.2, -0.15) is 10.2 Å². The van der Waals surface area contributed by atoms with Crippen molar-refractivity contribution < 1.29 is 0 Å². The Labute approximate surface area is 95.9 Å². The van der Waals surface area contributed by atoms with E-state index in [1.165, 1.54) is 0 Å². The molecule has 0 rings (SSSR count). The molecule has 0 unspecified atom stereocenters. The lowest BCUT2D eigenvalue weighted by Gasteiger charge is -1.94. The lowest BCUT2D eigenvalue weighted by Crippen LogP contribution is -2.09. The second-order valence-electron chi connectivity index (χ2n) is 2.99. The van der Waals surface area contributed by atoms with Gasteiger partial charge in [0.2, 0.25) is 0 Å². The van der Waals surface area contributed by atoms with Crippen LogP contribution in [0, 0.1) is 10.8 Å². The highest BCUT2D eigenvalue weighted by molar-refractivity contribution is 5.85. The van der Waals surface area contributed by atoms with Crippen LogP contribution >= 0.6 is 12.4 Å². The van der Waals surface area contributed by atoms with Crippen molar-refractivity contribution >= 4 is 24.1 Å². The first-order valence-corrected chi connectivity index (χ1v) is 4.62. The fraction of sp³-hybridized carbons (Fsp3) is 0.750. The van der Waals surface area contributed by atoms with Crippen LogP contribution in [0.3, 0.4) is 0 Å². The van der Waals surface area contributed by atoms with Gasteiger partial charge in [0.15, 0.2) is 0 Å². The topological polar surface area (TPSA) is 124 Å². The standard InChI is InChI=1S/C8H18N6.ClH/c9-7(10)3-1-5-13-14-6-2-4-8(11)12;/h1-6H2,(H3,9,10)(H3,11,12);1H. The summed E-state index contributed by atoms with van der Waals surface area (Å²) in [6.45, 7) is 1.22. The molecule has 0 aromatic rings. The van der Waals surface area contributed by atoms with Crippen LogP contribution in [0.15, 0.2) is 10.2 Å². The summed E-state index contributed by atoms with van der Waals surface area (Å²) >= 11 is 0. The first-order valence-electron chi connectivity index (χ1n) is 4.62. The van der Waals surface area contributed by atoms with E-state index in [2.05, 4.69) is 10.2 Å². The molecule has 0 aliphatic heterocycles. The maximum atomic E-state index is 6.96. The highest BCUT2D eigenvalue weighted by Gasteiger charge is 1.90. The zero-order valence-corrected chi connectivity index (χ0v) is 9.52. The van der Waals surface area contributed by atoms with Gasteiger partial charge >= 0.3 is 0 Å². The fourth-order valence-corrected chi connectivity index (χ4v) is 0.822. The molecular formula is C8H19ClN6. The third-order valence-corrected chi connectivity index (χ3v) is 1.51. The van der Waals surface area contributed by atoms with Crippen molar-refractivity contribution in [3.63, 3.8) is 0 Å². The zero-order chi connectivity index (χ0) is 10.8. The number of azo groups is 1. The molecule has 6 N–H and O–H groups in total. The Kier molecular flexibility index (Phi) is 11.8. The van der Waals surface area contributed by atoms with E-state index in [4.69, 9.17) is 22.3 Å². The predicted molar refractivity (Wildman–Crippen MR) is 64.1 cm³/mol. The van der Waals surface area contributed by atoms with Crippen molar-refractivity contribution in [1.82, 2.24) is 0 Å². The van der Waals surface area contributed by atoms with Crippen molar-refractivity contribution in [1.29, 1.82) is 10.8 Å². The van der Waals surface area contributed by atoms with Crippen LogP contribution in [0.1, 0.15) is 25.7 Å². The summed E-state index contributed by atoms with van der Waals surface area (Å²) in [4.78, 5) is 0. The molecule has 0 aromatic heterocycles. The Hall–Kier alpha value is -1.17. The van der Waals surface area contributed by atoms with E-state index >= 15 is 0 Å². The van der Waals surface area contributed by atoms with E-state index in [9.17, 15) is 0 Å². The highest BCUT2D eigenvalue weighted by Crippen LogP contribution is 1.92. The Morgan fingerprint density at radius 3 is 1.47 bits per heavy atom. The van der Waals surface area contributed by atoms with Gasteiger partial charge < -0.3 is 11.5 Å². The summed E-state index contributed by atoms with van der Waals surface area (Å²) in [5.41, 5.74) is 10.3. The first-order chi connectivity index (χ1) is 6.63. The molecule has 0 aromatic carbocycles. The lowest BCUT2D eigenvalue weighted by molar-refractivity contribution is 0.758. The Bertz CT molecular complexity index is 193. The normalized spacial score (nSPS) is 9.87. The van der Waals surface area contributed by atoms with E-state index < -0.39 is 0 Å². The van der Waals surface area contributed by atoms with E-state index in [0.29, 0.717) is 25.9 Å². The molecule has 15 heavy (non-hydrogen) atoms. The molecule has 0 aliphatic rings. The second-order valence-corrected chi connectivity index (χ2v) is 2.99. The van der Waals surface area contributed by atoms with Crippen molar-refractivity contribution in [3.8, 4) is 0 Å². The molecule has 0 heterocycles. The van der Waals surface area contributed by atoms with Crippen LogP contribution in [0.2, 0.25) is 0 Å². The molecule has 0 fully saturated rings. The number of nitrogens with zero attached hydrogens (tertiary/aromatic N) is 2. The molecule has 0 bridgehead atoms. The molecule has 0 spiro atoms. The van der Waals surface area contributed by atoms with E-state index in [-0.39, 0.29) is 24.1 Å². The van der Waals surface area contributed by atoms with Gasteiger partial charge in [-0.1, -0.05) is 0 Å². The van der Waals surface area contributed by atoms with Gasteiger partial charge in [-0.25, -0.2) is 0 Å². The summed E-state index contributed by atoms with van der Waals surface area (Å²) in [5.74, 6) is 0.383. The largest absolute Gasteiger partial charge is 0.388 e. The summed E-state index contributed by atoms with van der Waals surface area (Å²) in [6, 6.07) is 0. The number of rotatable bonds is 8. The van der Waals surface area contributed by atoms with Gasteiger partial charge in [0, 0.05) is 12.8 Å². The molecular weight excluding hydrogens is 216 g/mol. The number of hydrogen-bond acceptors (Lipinski definition) is 4. The van der Waals surface area contributed by atoms with Crippen LogP contribution < -0.4 is 11.5 Å². The summed E-state index contributed by atoms with van der Waals surface area (Å²) in [7, 11) is 0. The van der Waals surface area contributed by atoms with Crippen molar-refractivity contribution in [3.05, 3.63) is 0 Å². The van der Waals surface area contributed by atoms with E-state index in [0.717, 1.165) is 12.8 Å². The average Bonchev–Trinajstić information content (AvgIpc) is 2.08. The lowest BCUT2D eigenvalue weighted by atomic mass is 10.3.